The Labute approximate surface area is 191 Å². The summed E-state index contributed by atoms with van der Waals surface area (Å²) in [6.45, 7) is 17.6. The van der Waals surface area contributed by atoms with Crippen molar-refractivity contribution in [1.82, 2.24) is 10.3 Å². The molecule has 0 aliphatic rings. The fourth-order valence-corrected chi connectivity index (χ4v) is 3.46. The lowest BCUT2D eigenvalue weighted by Gasteiger charge is -2.34. The van der Waals surface area contributed by atoms with Crippen molar-refractivity contribution in [2.45, 2.75) is 65.5 Å². The Balaban J connectivity index is 2.72. The van der Waals surface area contributed by atoms with Crippen molar-refractivity contribution in [1.29, 1.82) is 0 Å². The number of carbonyl (C=O) groups is 2. The monoisotopic (exact) mass is 437 g/mol. The van der Waals surface area contributed by atoms with Crippen molar-refractivity contribution >= 4 is 17.5 Å². The van der Waals surface area contributed by atoms with Crippen molar-refractivity contribution in [2.24, 2.45) is 0 Å². The Morgan fingerprint density at radius 2 is 1.69 bits per heavy atom. The van der Waals surface area contributed by atoms with Crippen molar-refractivity contribution in [3.05, 3.63) is 66.0 Å². The van der Waals surface area contributed by atoms with Crippen LogP contribution in [0.15, 0.2) is 49.3 Å². The van der Waals surface area contributed by atoms with E-state index < -0.39 is 11.6 Å². The third kappa shape index (κ3) is 5.75. The molecule has 1 heterocycles. The summed E-state index contributed by atoms with van der Waals surface area (Å²) in [5.41, 5.74) is 2.52. The van der Waals surface area contributed by atoms with Crippen molar-refractivity contribution in [3.8, 4) is 5.75 Å². The summed E-state index contributed by atoms with van der Waals surface area (Å²) in [5.74, 6) is -0.152. The van der Waals surface area contributed by atoms with Gasteiger partial charge in [-0.25, -0.2) is 0 Å². The van der Waals surface area contributed by atoms with E-state index in [-0.39, 0.29) is 17.2 Å². The maximum atomic E-state index is 13.6. The summed E-state index contributed by atoms with van der Waals surface area (Å²) in [6, 6.07) is 6.73. The second kappa shape index (κ2) is 9.55. The van der Waals surface area contributed by atoms with E-state index in [2.05, 4.69) is 37.7 Å². The van der Waals surface area contributed by atoms with Gasteiger partial charge < -0.3 is 10.1 Å². The average molecular weight is 438 g/mol. The fourth-order valence-electron chi connectivity index (χ4n) is 3.46. The number of ether oxygens (including phenoxy) is 1. The van der Waals surface area contributed by atoms with E-state index in [1.165, 1.54) is 11.0 Å². The van der Waals surface area contributed by atoms with Gasteiger partial charge in [-0.05, 0) is 62.4 Å². The Bertz CT molecular complexity index is 983. The van der Waals surface area contributed by atoms with E-state index >= 15 is 0 Å². The van der Waals surface area contributed by atoms with Gasteiger partial charge in [-0.15, -0.1) is 0 Å². The van der Waals surface area contributed by atoms with E-state index in [1.54, 1.807) is 19.5 Å². The molecule has 0 fully saturated rings. The van der Waals surface area contributed by atoms with Crippen molar-refractivity contribution in [2.75, 3.05) is 12.0 Å². The van der Waals surface area contributed by atoms with Gasteiger partial charge in [0.05, 0.1) is 13.3 Å². The first kappa shape index (κ1) is 25.1. The molecule has 1 atom stereocenters. The summed E-state index contributed by atoms with van der Waals surface area (Å²) < 4.78 is 5.42. The van der Waals surface area contributed by atoms with Gasteiger partial charge in [0.2, 0.25) is 5.91 Å². The Morgan fingerprint density at radius 1 is 1.09 bits per heavy atom. The molecule has 0 aliphatic carbocycles. The first-order valence-electron chi connectivity index (χ1n) is 10.7. The number of carbonyl (C=O) groups excluding carboxylic acids is 2. The Hall–Kier alpha value is -3.15. The highest BCUT2D eigenvalue weighted by Gasteiger charge is 2.35. The quantitative estimate of drug-likeness (QED) is 0.655. The van der Waals surface area contributed by atoms with Gasteiger partial charge in [0, 0.05) is 23.0 Å². The van der Waals surface area contributed by atoms with Crippen LogP contribution in [-0.4, -0.2) is 29.4 Å². The number of anilines is 1. The van der Waals surface area contributed by atoms with Crippen LogP contribution in [0.3, 0.4) is 0 Å². The average Bonchev–Trinajstić information content (AvgIpc) is 2.70. The molecule has 32 heavy (non-hydrogen) atoms. The zero-order valence-electron chi connectivity index (χ0n) is 20.4. The molecule has 0 saturated heterocycles. The number of hydrogen-bond acceptors (Lipinski definition) is 4. The molecule has 2 aromatic rings. The lowest BCUT2D eigenvalue weighted by Crippen LogP contribution is -2.49. The predicted molar refractivity (Wildman–Crippen MR) is 129 cm³/mol. The molecule has 1 unspecified atom stereocenters. The molecule has 172 valence electrons. The third-order valence-corrected chi connectivity index (χ3v) is 5.15. The Morgan fingerprint density at radius 3 is 2.16 bits per heavy atom. The minimum atomic E-state index is -0.956. The van der Waals surface area contributed by atoms with Gasteiger partial charge in [0.1, 0.15) is 11.8 Å². The van der Waals surface area contributed by atoms with Crippen molar-refractivity contribution < 1.29 is 14.3 Å². The van der Waals surface area contributed by atoms with Crippen LogP contribution in [0.1, 0.15) is 64.3 Å². The first-order chi connectivity index (χ1) is 14.8. The van der Waals surface area contributed by atoms with Crippen molar-refractivity contribution in [3.63, 3.8) is 0 Å². The minimum Gasteiger partial charge on any atom is -0.495 e. The van der Waals surface area contributed by atoms with Crippen LogP contribution in [0.2, 0.25) is 0 Å². The van der Waals surface area contributed by atoms with E-state index in [0.717, 1.165) is 11.1 Å². The predicted octanol–water partition coefficient (Wildman–Crippen LogP) is 4.87. The van der Waals surface area contributed by atoms with Gasteiger partial charge in [0.15, 0.2) is 0 Å². The Kier molecular flexibility index (Phi) is 7.50. The van der Waals surface area contributed by atoms with Crippen LogP contribution >= 0.6 is 0 Å². The summed E-state index contributed by atoms with van der Waals surface area (Å²) in [7, 11) is 1.55. The number of rotatable bonds is 6. The number of aromatic nitrogens is 1. The zero-order chi connectivity index (χ0) is 24.3. The van der Waals surface area contributed by atoms with Gasteiger partial charge >= 0.3 is 0 Å². The minimum absolute atomic E-state index is 0.0396. The van der Waals surface area contributed by atoms with Gasteiger partial charge in [0.25, 0.3) is 5.91 Å². The lowest BCUT2D eigenvalue weighted by molar-refractivity contribution is -0.126. The number of pyridine rings is 1. The van der Waals surface area contributed by atoms with E-state index in [0.29, 0.717) is 17.0 Å². The number of nitrogens with one attached hydrogen (secondary N) is 1. The van der Waals surface area contributed by atoms with E-state index in [4.69, 9.17) is 4.74 Å². The third-order valence-electron chi connectivity index (χ3n) is 5.15. The number of amides is 2. The molecule has 1 aromatic heterocycles. The SMILES string of the molecule is C=CC(=O)N(c1ccc(C(C)(C)C)cc1)C(C(=O)NC(C)(C)C)c1cncc(OC)c1C. The van der Waals surface area contributed by atoms with Gasteiger partial charge in [-0.2, -0.15) is 0 Å². The number of benzene rings is 1. The molecular weight excluding hydrogens is 402 g/mol. The molecule has 6 nitrogen and oxygen atoms in total. The second-order valence-corrected chi connectivity index (χ2v) is 9.91. The molecule has 0 aliphatic heterocycles. The van der Waals surface area contributed by atoms with Crippen LogP contribution in [-0.2, 0) is 15.0 Å². The largest absolute Gasteiger partial charge is 0.495 e. The molecule has 2 amide bonds. The molecule has 0 spiro atoms. The highest BCUT2D eigenvalue weighted by Crippen LogP contribution is 2.34. The maximum absolute atomic E-state index is 13.6. The molecule has 0 saturated carbocycles. The molecule has 1 aromatic carbocycles. The van der Waals surface area contributed by atoms with E-state index in [9.17, 15) is 9.59 Å². The molecule has 0 radical (unpaired) electrons. The topological polar surface area (TPSA) is 71.5 Å². The number of nitrogens with zero attached hydrogens (tertiary/aromatic N) is 2. The fraction of sp³-hybridized carbons (Fsp3) is 0.423. The molecule has 2 rings (SSSR count). The van der Waals surface area contributed by atoms with Crippen LogP contribution in [0.5, 0.6) is 5.75 Å². The smallest absolute Gasteiger partial charge is 0.251 e. The highest BCUT2D eigenvalue weighted by molar-refractivity contribution is 6.06. The number of hydrogen-bond donors (Lipinski definition) is 1. The first-order valence-corrected chi connectivity index (χ1v) is 10.7. The van der Waals surface area contributed by atoms with Crippen LogP contribution in [0, 0.1) is 6.92 Å². The number of methoxy groups -OCH3 is 1. The molecular formula is C26H35N3O3. The zero-order valence-corrected chi connectivity index (χ0v) is 20.4. The molecule has 6 heteroatoms. The van der Waals surface area contributed by atoms with Gasteiger partial charge in [-0.3, -0.25) is 19.5 Å². The second-order valence-electron chi connectivity index (χ2n) is 9.91. The summed E-state index contributed by atoms with van der Waals surface area (Å²) in [5, 5.41) is 3.01. The standard InChI is InChI=1S/C26H35N3O3/c1-10-22(30)29(19-13-11-18(12-14-19)25(3,4)5)23(24(31)28-26(6,7)8)20-15-27-16-21(32-9)17(20)2/h10-16,23H,1H2,2-9H3,(H,28,31). The summed E-state index contributed by atoms with van der Waals surface area (Å²) >= 11 is 0. The lowest BCUT2D eigenvalue weighted by atomic mass is 9.87. The summed E-state index contributed by atoms with van der Waals surface area (Å²) in [4.78, 5) is 32.4. The van der Waals surface area contributed by atoms with Crippen LogP contribution in [0.25, 0.3) is 0 Å². The normalized spacial score (nSPS) is 12.6. The summed E-state index contributed by atoms with van der Waals surface area (Å²) in [6.07, 6.45) is 4.42. The van der Waals surface area contributed by atoms with Crippen LogP contribution < -0.4 is 15.0 Å². The molecule has 0 bridgehead atoms. The van der Waals surface area contributed by atoms with Gasteiger partial charge in [-0.1, -0.05) is 39.5 Å². The van der Waals surface area contributed by atoms with Crippen LogP contribution in [0.4, 0.5) is 5.69 Å². The van der Waals surface area contributed by atoms with E-state index in [1.807, 2.05) is 52.0 Å². The maximum Gasteiger partial charge on any atom is 0.251 e. The highest BCUT2D eigenvalue weighted by atomic mass is 16.5. The molecule has 1 N–H and O–H groups in total.